The van der Waals surface area contributed by atoms with Crippen LogP contribution < -0.4 is 11.3 Å². The number of aromatic nitrogens is 4. The maximum atomic E-state index is 12.4. The number of hydrogen-bond donors (Lipinski definition) is 2. The summed E-state index contributed by atoms with van der Waals surface area (Å²) in [5, 5.41) is 12.4. The number of para-hydroxylation sites is 1. The zero-order chi connectivity index (χ0) is 21.4. The highest BCUT2D eigenvalue weighted by Crippen LogP contribution is 2.40. The fraction of sp³-hybridized carbons (Fsp3) is 0.217. The van der Waals surface area contributed by atoms with E-state index in [1.807, 2.05) is 51.2 Å². The number of hydrogen-bond acceptors (Lipinski definition) is 4. The van der Waals surface area contributed by atoms with Gasteiger partial charge < -0.3 is 5.73 Å². The smallest absolute Gasteiger partial charge is 0.272 e. The lowest BCUT2D eigenvalue weighted by molar-refractivity contribution is 0.776. The van der Waals surface area contributed by atoms with Crippen LogP contribution in [0, 0.1) is 13.5 Å². The molecule has 0 fully saturated rings. The van der Waals surface area contributed by atoms with E-state index in [2.05, 4.69) is 20.1 Å². The molecule has 0 saturated carbocycles. The molecule has 7 nitrogen and oxygen atoms in total. The number of benzene rings is 2. The maximum Gasteiger partial charge on any atom is 0.272 e. The van der Waals surface area contributed by atoms with E-state index in [0.717, 1.165) is 45.3 Å². The number of H-pyrrole nitrogens is 1. The van der Waals surface area contributed by atoms with Gasteiger partial charge in [-0.1, -0.05) is 31.2 Å². The molecule has 0 amide bonds. The van der Waals surface area contributed by atoms with Gasteiger partial charge in [-0.15, -0.1) is 0 Å². The number of nitrogens with one attached hydrogen (secondary N) is 1. The number of rotatable bonds is 4. The first-order valence-electron chi connectivity index (χ1n) is 9.74. The highest BCUT2D eigenvalue weighted by Gasteiger charge is 2.19. The molecule has 3 N–H and O–H groups in total. The van der Waals surface area contributed by atoms with Crippen LogP contribution in [0.1, 0.15) is 23.7 Å². The van der Waals surface area contributed by atoms with Crippen molar-refractivity contribution >= 4 is 16.5 Å². The zero-order valence-electron chi connectivity index (χ0n) is 17.2. The van der Waals surface area contributed by atoms with Crippen LogP contribution in [0.4, 0.5) is 5.69 Å². The molecule has 7 heteroatoms. The first-order valence-corrected chi connectivity index (χ1v) is 9.74. The largest absolute Gasteiger partial charge is 0.325 e. The monoisotopic (exact) mass is 398 g/mol. The van der Waals surface area contributed by atoms with E-state index in [9.17, 15) is 4.79 Å². The molecule has 150 valence electrons. The summed E-state index contributed by atoms with van der Waals surface area (Å²) in [6.07, 6.45) is 2.58. The van der Waals surface area contributed by atoms with Crippen molar-refractivity contribution in [3.05, 3.63) is 75.1 Å². The van der Waals surface area contributed by atoms with Gasteiger partial charge in [0.15, 0.2) is 5.69 Å². The Hall–Kier alpha value is -3.76. The molecule has 2 aromatic heterocycles. The second-order valence-corrected chi connectivity index (χ2v) is 7.23. The molecule has 0 bridgehead atoms. The Morgan fingerprint density at radius 3 is 2.77 bits per heavy atom. The van der Waals surface area contributed by atoms with Crippen molar-refractivity contribution in [2.45, 2.75) is 26.8 Å². The van der Waals surface area contributed by atoms with Gasteiger partial charge in [0.2, 0.25) is 0 Å². The lowest BCUT2D eigenvalue weighted by atomic mass is 9.94. The predicted octanol–water partition coefficient (Wildman–Crippen LogP) is 3.87. The third-order valence-corrected chi connectivity index (χ3v) is 5.48. The third-order valence-electron chi connectivity index (χ3n) is 5.48. The van der Waals surface area contributed by atoms with Crippen molar-refractivity contribution in [3.8, 4) is 22.4 Å². The fourth-order valence-corrected chi connectivity index (χ4v) is 4.03. The van der Waals surface area contributed by atoms with Crippen LogP contribution in [-0.4, -0.2) is 20.0 Å². The zero-order valence-corrected chi connectivity index (χ0v) is 17.2. The predicted molar refractivity (Wildman–Crippen MR) is 118 cm³/mol. The topological polar surface area (TPSA) is 93.9 Å². The molecular weight excluding hydrogens is 376 g/mol. The van der Waals surface area contributed by atoms with E-state index in [1.54, 1.807) is 10.9 Å². The Morgan fingerprint density at radius 2 is 2.07 bits per heavy atom. The summed E-state index contributed by atoms with van der Waals surface area (Å²) < 4.78 is 1.79. The van der Waals surface area contributed by atoms with Crippen LogP contribution >= 0.6 is 0 Å². The number of nitrogens with two attached hydrogens (primary N) is 1. The molecule has 0 aliphatic heterocycles. The normalized spacial score (nSPS) is 11.0. The molecule has 30 heavy (non-hydrogen) atoms. The van der Waals surface area contributed by atoms with E-state index in [0.29, 0.717) is 16.8 Å². The van der Waals surface area contributed by atoms with Crippen LogP contribution in [0.2, 0.25) is 0 Å². The molecule has 0 aliphatic rings. The summed E-state index contributed by atoms with van der Waals surface area (Å²) in [7, 11) is 1.87. The van der Waals surface area contributed by atoms with Crippen molar-refractivity contribution < 1.29 is 0 Å². The van der Waals surface area contributed by atoms with Gasteiger partial charge in [-0.2, -0.15) is 10.2 Å². The van der Waals surface area contributed by atoms with Crippen molar-refractivity contribution in [1.82, 2.24) is 20.0 Å². The Labute approximate surface area is 174 Å². The lowest BCUT2D eigenvalue weighted by Crippen LogP contribution is -2.14. The average molecular weight is 398 g/mol. The SMILES string of the molecule is [C-]#[N+]c1c(CC)cccc1-c1c(-c2cc(C)c3c(=O)[nH]nc(CN)c3c2)cnn1C. The quantitative estimate of drug-likeness (QED) is 0.510. The summed E-state index contributed by atoms with van der Waals surface area (Å²) >= 11 is 0. The summed E-state index contributed by atoms with van der Waals surface area (Å²) in [6.45, 7) is 11.9. The van der Waals surface area contributed by atoms with Gasteiger partial charge in [0.25, 0.3) is 5.56 Å². The first-order chi connectivity index (χ1) is 14.5. The van der Waals surface area contributed by atoms with E-state index in [1.165, 1.54) is 0 Å². The van der Waals surface area contributed by atoms with Crippen LogP contribution in [-0.2, 0) is 20.0 Å². The van der Waals surface area contributed by atoms with Gasteiger partial charge in [0, 0.05) is 30.1 Å². The number of fused-ring (bicyclic) bond motifs is 1. The minimum Gasteiger partial charge on any atom is -0.325 e. The molecule has 0 atom stereocenters. The highest BCUT2D eigenvalue weighted by molar-refractivity contribution is 5.95. The summed E-state index contributed by atoms with van der Waals surface area (Å²) in [5.41, 5.74) is 12.3. The van der Waals surface area contributed by atoms with Crippen molar-refractivity contribution in [3.63, 3.8) is 0 Å². The van der Waals surface area contributed by atoms with E-state index < -0.39 is 0 Å². The van der Waals surface area contributed by atoms with E-state index >= 15 is 0 Å². The molecule has 0 radical (unpaired) electrons. The second kappa shape index (κ2) is 7.58. The molecule has 2 aromatic carbocycles. The molecule has 2 heterocycles. The van der Waals surface area contributed by atoms with E-state index in [4.69, 9.17) is 12.3 Å². The molecule has 4 rings (SSSR count). The van der Waals surface area contributed by atoms with Gasteiger partial charge in [-0.3, -0.25) is 9.48 Å². The van der Waals surface area contributed by atoms with Gasteiger partial charge in [-0.25, -0.2) is 9.94 Å². The Bertz CT molecular complexity index is 1370. The van der Waals surface area contributed by atoms with Crippen LogP contribution in [0.15, 0.2) is 41.3 Å². The third kappa shape index (κ3) is 2.98. The minimum atomic E-state index is -0.233. The van der Waals surface area contributed by atoms with Crippen LogP contribution in [0.3, 0.4) is 0 Å². The van der Waals surface area contributed by atoms with Gasteiger partial charge in [-0.05, 0) is 36.1 Å². The maximum absolute atomic E-state index is 12.4. The molecule has 0 saturated heterocycles. The van der Waals surface area contributed by atoms with Gasteiger partial charge >= 0.3 is 0 Å². The molecule has 0 aliphatic carbocycles. The number of nitrogens with zero attached hydrogens (tertiary/aromatic N) is 4. The van der Waals surface area contributed by atoms with Gasteiger partial charge in [0.1, 0.15) is 0 Å². The molecule has 0 spiro atoms. The van der Waals surface area contributed by atoms with Crippen LogP contribution in [0.5, 0.6) is 0 Å². The number of aryl methyl sites for hydroxylation is 3. The highest BCUT2D eigenvalue weighted by atomic mass is 16.1. The fourth-order valence-electron chi connectivity index (χ4n) is 4.03. The molecule has 4 aromatic rings. The summed E-state index contributed by atoms with van der Waals surface area (Å²) in [4.78, 5) is 16.2. The standard InChI is InChI=1S/C23H22N6O/c1-5-14-7-6-8-16(21(14)25-3)22-18(12-26-29(22)4)15-9-13(2)20-17(10-15)19(11-24)27-28-23(20)30/h6-10,12H,5,11,24H2,1-2,4H3,(H,28,30). The van der Waals surface area contributed by atoms with Gasteiger partial charge in [0.05, 0.1) is 29.5 Å². The summed E-state index contributed by atoms with van der Waals surface area (Å²) in [6, 6.07) is 9.83. The second-order valence-electron chi connectivity index (χ2n) is 7.23. The minimum absolute atomic E-state index is 0.219. The van der Waals surface area contributed by atoms with Crippen molar-refractivity contribution in [2.75, 3.05) is 0 Å². The molecule has 0 unspecified atom stereocenters. The van der Waals surface area contributed by atoms with E-state index in [-0.39, 0.29) is 12.1 Å². The van der Waals surface area contributed by atoms with Crippen molar-refractivity contribution in [2.24, 2.45) is 12.8 Å². The Morgan fingerprint density at radius 1 is 1.27 bits per heavy atom. The lowest BCUT2D eigenvalue weighted by Gasteiger charge is -2.13. The summed E-state index contributed by atoms with van der Waals surface area (Å²) in [5.74, 6) is 0. The van der Waals surface area contributed by atoms with Crippen LogP contribution in [0.25, 0.3) is 38.0 Å². The Balaban J connectivity index is 2.03. The number of aromatic amines is 1. The van der Waals surface area contributed by atoms with Crippen molar-refractivity contribution in [1.29, 1.82) is 0 Å². The first kappa shape index (κ1) is 19.6. The molecular formula is C23H22N6O. The average Bonchev–Trinajstić information content (AvgIpc) is 3.14. The Kier molecular flexibility index (Phi) is 4.94.